The van der Waals surface area contributed by atoms with Crippen molar-refractivity contribution < 1.29 is 38.6 Å². The summed E-state index contributed by atoms with van der Waals surface area (Å²) in [5.74, 6) is -4.23. The summed E-state index contributed by atoms with van der Waals surface area (Å²) in [6.45, 7) is 1.46. The van der Waals surface area contributed by atoms with E-state index in [1.54, 1.807) is 0 Å². The molecule has 1 saturated heterocycles. The highest BCUT2D eigenvalue weighted by atomic mass is 35.5. The number of alkyl halides is 1. The second kappa shape index (κ2) is 17.0. The van der Waals surface area contributed by atoms with E-state index in [1.165, 1.54) is 18.7 Å². The van der Waals surface area contributed by atoms with Gasteiger partial charge in [0.15, 0.2) is 17.9 Å². The summed E-state index contributed by atoms with van der Waals surface area (Å²) in [6, 6.07) is 35.4. The average Bonchev–Trinajstić information content (AvgIpc) is 3.21. The molecule has 2 unspecified atom stereocenters. The van der Waals surface area contributed by atoms with Crippen LogP contribution in [0.25, 0.3) is 0 Å². The van der Waals surface area contributed by atoms with Crippen LogP contribution < -0.4 is 10.6 Å². The van der Waals surface area contributed by atoms with Crippen LogP contribution in [0.2, 0.25) is 0 Å². The van der Waals surface area contributed by atoms with E-state index in [0.29, 0.717) is 22.3 Å². The van der Waals surface area contributed by atoms with E-state index >= 15 is 0 Å². The second-order valence-corrected chi connectivity index (χ2v) is 14.3. The number of halogens is 1. The lowest BCUT2D eigenvalue weighted by atomic mass is 9.94. The average molecular weight is 768 g/mol. The van der Waals surface area contributed by atoms with E-state index in [9.17, 15) is 29.1 Å². The van der Waals surface area contributed by atoms with Gasteiger partial charge in [0.05, 0.1) is 5.75 Å². The second-order valence-electron chi connectivity index (χ2n) is 13.0. The molecule has 4 aromatic carbocycles. The van der Waals surface area contributed by atoms with Crippen LogP contribution in [-0.4, -0.2) is 68.3 Å². The number of carbonyl (C=O) groups excluding carboxylic acids is 5. The van der Waals surface area contributed by atoms with Gasteiger partial charge in [-0.15, -0.1) is 23.4 Å². The number of thioether (sulfide) groups is 1. The van der Waals surface area contributed by atoms with Crippen LogP contribution in [0.4, 0.5) is 0 Å². The van der Waals surface area contributed by atoms with E-state index in [0.717, 1.165) is 4.90 Å². The largest absolute Gasteiger partial charge is 0.509 e. The smallest absolute Gasteiger partial charge is 0.359 e. The van der Waals surface area contributed by atoms with Crippen LogP contribution in [0.5, 0.6) is 0 Å². The summed E-state index contributed by atoms with van der Waals surface area (Å²) in [4.78, 5) is 68.0. The Kier molecular flexibility index (Phi) is 12.0. The summed E-state index contributed by atoms with van der Waals surface area (Å²) < 4.78 is 12.0. The number of amides is 3. The number of rotatable bonds is 14. The molecular weight excluding hydrogens is 730 g/mol. The summed E-state index contributed by atoms with van der Waals surface area (Å²) in [5.41, 5.74) is 0.868. The molecule has 0 saturated carbocycles. The van der Waals surface area contributed by atoms with Crippen molar-refractivity contribution in [3.05, 3.63) is 155 Å². The fourth-order valence-electron chi connectivity index (χ4n) is 6.33. The normalized spacial score (nSPS) is 17.6. The summed E-state index contributed by atoms with van der Waals surface area (Å²) in [6.07, 6.45) is -2.07. The fourth-order valence-corrected chi connectivity index (χ4v) is 7.59. The molecule has 11 nitrogen and oxygen atoms in total. The number of benzene rings is 4. The third kappa shape index (κ3) is 8.45. The van der Waals surface area contributed by atoms with Crippen LogP contribution in [0.15, 0.2) is 133 Å². The maximum atomic E-state index is 13.9. The van der Waals surface area contributed by atoms with Crippen LogP contribution in [0.1, 0.15) is 54.2 Å². The van der Waals surface area contributed by atoms with Gasteiger partial charge in [-0.2, -0.15) is 0 Å². The van der Waals surface area contributed by atoms with Crippen LogP contribution >= 0.6 is 23.4 Å². The SMILES string of the molecule is CC(CCC(=O)NC1C(=O)N2C(C(=O)OC(c3ccccc3)c3ccccc3)=C(O)CS[C@@H]12)(NC(=O)CCl)C(=O)OC(c1ccccc1)c1ccccc1. The topological polar surface area (TPSA) is 151 Å². The Morgan fingerprint density at radius 2 is 1.26 bits per heavy atom. The number of aliphatic hydroxyl groups excluding tert-OH is 1. The van der Waals surface area contributed by atoms with E-state index in [4.69, 9.17) is 21.1 Å². The predicted octanol–water partition coefficient (Wildman–Crippen LogP) is 5.72. The minimum Gasteiger partial charge on any atom is -0.509 e. The molecular formula is C41H38ClN3O8S. The number of fused-ring (bicyclic) bond motifs is 1. The molecule has 13 heteroatoms. The van der Waals surface area contributed by atoms with Crippen molar-refractivity contribution in [2.75, 3.05) is 11.6 Å². The van der Waals surface area contributed by atoms with Crippen LogP contribution in [-0.2, 0) is 33.4 Å². The van der Waals surface area contributed by atoms with Crippen molar-refractivity contribution >= 4 is 53.0 Å². The van der Waals surface area contributed by atoms with Crippen molar-refractivity contribution in [1.29, 1.82) is 0 Å². The Hall–Kier alpha value is -5.59. The van der Waals surface area contributed by atoms with Crippen molar-refractivity contribution in [3.63, 3.8) is 0 Å². The van der Waals surface area contributed by atoms with Crippen molar-refractivity contribution in [3.8, 4) is 0 Å². The molecule has 1 fully saturated rings. The molecule has 0 bridgehead atoms. The predicted molar refractivity (Wildman–Crippen MR) is 203 cm³/mol. The number of hydrogen-bond acceptors (Lipinski definition) is 9. The Morgan fingerprint density at radius 1 is 0.796 bits per heavy atom. The molecule has 2 aliphatic rings. The van der Waals surface area contributed by atoms with E-state index < -0.39 is 64.7 Å². The molecule has 0 radical (unpaired) electrons. The molecule has 54 heavy (non-hydrogen) atoms. The molecule has 4 aromatic rings. The molecule has 2 aliphatic heterocycles. The zero-order chi connectivity index (χ0) is 38.2. The standard InChI is InChI=1S/C41H38ClN3O8S/c1-41(44-32(48)24-42,40(51)53-36(28-18-10-4-11-19-28)29-20-12-5-13-21-29)23-22-31(47)43-33-37(49)45-34(30(46)25-54-38(33)45)39(50)52-35(26-14-6-2-7-15-26)27-16-8-3-9-17-27/h2-21,33,35-36,38,46H,22-25H2,1H3,(H,43,47)(H,44,48)/t33?,38-,41?/m0/s1. The zero-order valence-electron chi connectivity index (χ0n) is 29.2. The highest BCUT2D eigenvalue weighted by Crippen LogP contribution is 2.41. The quantitative estimate of drug-likeness (QED) is 0.0832. The Bertz CT molecular complexity index is 1940. The number of esters is 2. The number of nitrogens with one attached hydrogen (secondary N) is 2. The van der Waals surface area contributed by atoms with Crippen molar-refractivity contribution in [1.82, 2.24) is 15.5 Å². The van der Waals surface area contributed by atoms with Gasteiger partial charge < -0.3 is 25.2 Å². The Morgan fingerprint density at radius 3 is 1.72 bits per heavy atom. The van der Waals surface area contributed by atoms with Gasteiger partial charge >= 0.3 is 11.9 Å². The first-order chi connectivity index (χ1) is 26.1. The van der Waals surface area contributed by atoms with Gasteiger partial charge in [0, 0.05) is 6.42 Å². The number of ether oxygens (including phenoxy) is 2. The third-order valence-electron chi connectivity index (χ3n) is 9.16. The summed E-state index contributed by atoms with van der Waals surface area (Å²) >= 11 is 6.97. The molecule has 0 spiro atoms. The van der Waals surface area contributed by atoms with Gasteiger partial charge in [0.2, 0.25) is 11.8 Å². The first-order valence-electron chi connectivity index (χ1n) is 17.2. The van der Waals surface area contributed by atoms with E-state index in [-0.39, 0.29) is 30.1 Å². The molecule has 0 aromatic heterocycles. The van der Waals surface area contributed by atoms with E-state index in [2.05, 4.69) is 10.6 Å². The molecule has 0 aliphatic carbocycles. The van der Waals surface area contributed by atoms with Gasteiger partial charge in [-0.3, -0.25) is 19.3 Å². The number of aliphatic hydroxyl groups is 1. The minimum absolute atomic E-state index is 0.00492. The number of hydrogen-bond donors (Lipinski definition) is 3. The molecule has 2 heterocycles. The van der Waals surface area contributed by atoms with Gasteiger partial charge in [0.25, 0.3) is 5.91 Å². The highest BCUT2D eigenvalue weighted by molar-refractivity contribution is 8.00. The van der Waals surface area contributed by atoms with Crippen molar-refractivity contribution in [2.45, 2.75) is 48.9 Å². The molecule has 6 rings (SSSR count). The fraction of sp³-hybridized carbons (Fsp3) is 0.244. The van der Waals surface area contributed by atoms with Crippen LogP contribution in [0.3, 0.4) is 0 Å². The molecule has 278 valence electrons. The summed E-state index contributed by atoms with van der Waals surface area (Å²) in [7, 11) is 0. The number of nitrogens with zero attached hydrogens (tertiary/aromatic N) is 1. The molecule has 3 atom stereocenters. The first kappa shape index (κ1) is 38.1. The third-order valence-corrected chi connectivity index (χ3v) is 10.7. The van der Waals surface area contributed by atoms with Crippen LogP contribution in [0, 0.1) is 0 Å². The number of carbonyl (C=O) groups is 5. The lowest BCUT2D eigenvalue weighted by molar-refractivity contribution is -0.157. The maximum Gasteiger partial charge on any atom is 0.359 e. The zero-order valence-corrected chi connectivity index (χ0v) is 30.8. The Balaban J connectivity index is 1.13. The first-order valence-corrected chi connectivity index (χ1v) is 18.8. The summed E-state index contributed by atoms with van der Waals surface area (Å²) in [5, 5.41) is 15.4. The Labute approximate surface area is 321 Å². The lowest BCUT2D eigenvalue weighted by Crippen LogP contribution is -2.70. The van der Waals surface area contributed by atoms with Gasteiger partial charge in [0.1, 0.15) is 28.6 Å². The van der Waals surface area contributed by atoms with Gasteiger partial charge in [-0.1, -0.05) is 121 Å². The lowest BCUT2D eigenvalue weighted by Gasteiger charge is -2.49. The van der Waals surface area contributed by atoms with Gasteiger partial charge in [-0.25, -0.2) is 9.59 Å². The minimum atomic E-state index is -1.67. The monoisotopic (exact) mass is 767 g/mol. The number of β-lactam (4-membered cyclic amide) rings is 1. The highest BCUT2D eigenvalue weighted by Gasteiger charge is 2.55. The maximum absolute atomic E-state index is 13.9. The molecule has 3 N–H and O–H groups in total. The van der Waals surface area contributed by atoms with Crippen molar-refractivity contribution in [2.24, 2.45) is 0 Å². The van der Waals surface area contributed by atoms with Gasteiger partial charge in [-0.05, 0) is 35.6 Å². The van der Waals surface area contributed by atoms with E-state index in [1.807, 2.05) is 121 Å². The molecule has 3 amide bonds.